The second-order valence-corrected chi connectivity index (χ2v) is 16.4. The quantitative estimate of drug-likeness (QED) is 0.0156. The molecule has 2 unspecified atom stereocenters. The number of hydrogen-bond acceptors (Lipinski definition) is 7. The minimum Gasteiger partial charge on any atom is -0.409 e. The van der Waals surface area contributed by atoms with Crippen molar-refractivity contribution in [3.05, 3.63) is 0 Å². The molecule has 0 amide bonds. The second-order valence-electron chi connectivity index (χ2n) is 15.5. The van der Waals surface area contributed by atoms with Crippen molar-refractivity contribution in [1.29, 1.82) is 0 Å². The summed E-state index contributed by atoms with van der Waals surface area (Å²) in [5, 5.41) is 0. The van der Waals surface area contributed by atoms with Crippen LogP contribution in [-0.2, 0) is 34.3 Å². The van der Waals surface area contributed by atoms with Crippen LogP contribution < -0.4 is 0 Å². The Morgan fingerprint density at radius 1 is 0.463 bits per heavy atom. The number of nitrogens with zero attached hydrogens (tertiary/aromatic N) is 1. The SMILES string of the molecule is CCCCCCCCCCCCCCCCCC(=O)OC(C)[N+](C)(OCC)C(C)OC(=O)CCCCCCCCCCCCCCCCC.O=S(=O)(O)O. The number of quaternary nitrogens is 1. The molecule has 0 fully saturated rings. The average Bonchev–Trinajstić information content (AvgIpc) is 3.10. The highest BCUT2D eigenvalue weighted by Gasteiger charge is 2.42. The third-order valence-corrected chi connectivity index (χ3v) is 10.4. The van der Waals surface area contributed by atoms with Gasteiger partial charge in [0.05, 0.1) is 0 Å². The molecule has 0 saturated carbocycles. The van der Waals surface area contributed by atoms with Gasteiger partial charge >= 0.3 is 22.3 Å². The van der Waals surface area contributed by atoms with Crippen molar-refractivity contribution in [3.63, 3.8) is 0 Å². The Morgan fingerprint density at radius 3 is 0.870 bits per heavy atom. The van der Waals surface area contributed by atoms with Gasteiger partial charge in [-0.25, -0.2) is 0 Å². The van der Waals surface area contributed by atoms with Crippen molar-refractivity contribution >= 4 is 22.3 Å². The number of hydroxylamine groups is 3. The van der Waals surface area contributed by atoms with Gasteiger partial charge in [-0.05, 0) is 19.8 Å². The van der Waals surface area contributed by atoms with Crippen molar-refractivity contribution in [3.8, 4) is 0 Å². The van der Waals surface area contributed by atoms with Crippen LogP contribution in [0.3, 0.4) is 0 Å². The molecular formula is C43H88NO9S+. The van der Waals surface area contributed by atoms with Gasteiger partial charge < -0.3 is 9.47 Å². The van der Waals surface area contributed by atoms with E-state index in [4.69, 9.17) is 31.8 Å². The molecule has 0 bridgehead atoms. The molecule has 2 atom stereocenters. The molecule has 10 nitrogen and oxygen atoms in total. The molecule has 0 heterocycles. The van der Waals surface area contributed by atoms with Gasteiger partial charge in [-0.15, -0.1) is 4.65 Å². The summed E-state index contributed by atoms with van der Waals surface area (Å²) in [6, 6.07) is 0. The van der Waals surface area contributed by atoms with E-state index >= 15 is 0 Å². The van der Waals surface area contributed by atoms with Gasteiger partial charge in [-0.2, -0.15) is 13.3 Å². The van der Waals surface area contributed by atoms with E-state index in [0.717, 1.165) is 25.7 Å². The van der Waals surface area contributed by atoms with Gasteiger partial charge in [-0.3, -0.25) is 18.7 Å². The first-order valence-corrected chi connectivity index (χ1v) is 23.8. The molecule has 324 valence electrons. The van der Waals surface area contributed by atoms with Crippen LogP contribution in [0.1, 0.15) is 240 Å². The first-order chi connectivity index (χ1) is 25.8. The van der Waals surface area contributed by atoms with Crippen LogP contribution in [0, 0.1) is 0 Å². The zero-order chi connectivity index (χ0) is 40.8. The third-order valence-electron chi connectivity index (χ3n) is 10.4. The zero-order valence-corrected chi connectivity index (χ0v) is 36.9. The molecule has 2 N–H and O–H groups in total. The molecule has 0 aliphatic carbocycles. The lowest BCUT2D eigenvalue weighted by atomic mass is 10.0. The van der Waals surface area contributed by atoms with Crippen molar-refractivity contribution in [2.45, 2.75) is 253 Å². The van der Waals surface area contributed by atoms with Gasteiger partial charge in [0, 0.05) is 26.7 Å². The molecule has 0 saturated heterocycles. The van der Waals surface area contributed by atoms with Crippen LogP contribution in [0.15, 0.2) is 0 Å². The Morgan fingerprint density at radius 2 is 0.667 bits per heavy atom. The normalized spacial score (nSPS) is 13.8. The molecule has 0 rings (SSSR count). The van der Waals surface area contributed by atoms with Crippen LogP contribution in [-0.4, -0.2) is 60.2 Å². The second kappa shape index (κ2) is 38.6. The predicted octanol–water partition coefficient (Wildman–Crippen LogP) is 13.0. The van der Waals surface area contributed by atoms with E-state index in [-0.39, 0.29) is 16.6 Å². The molecule has 54 heavy (non-hydrogen) atoms. The number of esters is 2. The summed E-state index contributed by atoms with van der Waals surface area (Å²) >= 11 is 0. The minimum atomic E-state index is -4.67. The van der Waals surface area contributed by atoms with Crippen molar-refractivity contribution in [2.75, 3.05) is 13.7 Å². The first-order valence-electron chi connectivity index (χ1n) is 22.4. The standard InChI is InChI=1S/C43H86NO5.H2O4S/c1-7-10-12-14-16-18-20-22-24-26-28-30-32-34-36-38-42(45)48-40(4)44(6,47-9-3)41(5)49-43(46)39-37-35-33-31-29-27-25-23-21-19-17-15-13-11-8-2;1-5(2,3)4/h40-41H,7-39H2,1-6H3;(H2,1,2,3,4)/q+1;. The van der Waals surface area contributed by atoms with Crippen molar-refractivity contribution < 1.29 is 46.1 Å². The van der Waals surface area contributed by atoms with Crippen LogP contribution >= 0.6 is 0 Å². The highest BCUT2D eigenvalue weighted by molar-refractivity contribution is 7.79. The lowest BCUT2D eigenvalue weighted by molar-refractivity contribution is -1.15. The highest BCUT2D eigenvalue weighted by Crippen LogP contribution is 2.22. The fraction of sp³-hybridized carbons (Fsp3) is 0.953. The maximum Gasteiger partial charge on any atom is 0.394 e. The molecule has 11 heteroatoms. The molecule has 0 aromatic carbocycles. The van der Waals surface area contributed by atoms with Crippen LogP contribution in [0.25, 0.3) is 0 Å². The highest BCUT2D eigenvalue weighted by atomic mass is 32.3. The third kappa shape index (κ3) is 39.0. The summed E-state index contributed by atoms with van der Waals surface area (Å²) in [4.78, 5) is 31.3. The number of hydrogen-bond donors (Lipinski definition) is 2. The van der Waals surface area contributed by atoms with E-state index in [1.54, 1.807) is 0 Å². The van der Waals surface area contributed by atoms with E-state index in [2.05, 4.69) is 13.8 Å². The fourth-order valence-corrected chi connectivity index (χ4v) is 6.77. The maximum atomic E-state index is 12.7. The summed E-state index contributed by atoms with van der Waals surface area (Å²) in [6.07, 6.45) is 38.7. The largest absolute Gasteiger partial charge is 0.409 e. The molecular weight excluding hydrogens is 707 g/mol. The smallest absolute Gasteiger partial charge is 0.394 e. The van der Waals surface area contributed by atoms with Crippen LogP contribution in [0.5, 0.6) is 0 Å². The van der Waals surface area contributed by atoms with E-state index in [1.165, 1.54) is 167 Å². The number of ether oxygens (including phenoxy) is 2. The Bertz CT molecular complexity index is 885. The van der Waals surface area contributed by atoms with Gasteiger partial charge in [0.25, 0.3) is 12.5 Å². The Balaban J connectivity index is 0. The monoisotopic (exact) mass is 795 g/mol. The number of unbranched alkanes of at least 4 members (excludes halogenated alkanes) is 28. The number of carbonyl (C=O) groups excluding carboxylic acids is 2. The van der Waals surface area contributed by atoms with E-state index in [1.807, 2.05) is 27.8 Å². The van der Waals surface area contributed by atoms with Crippen molar-refractivity contribution in [2.24, 2.45) is 0 Å². The van der Waals surface area contributed by atoms with Crippen molar-refractivity contribution in [1.82, 2.24) is 0 Å². The first kappa shape index (κ1) is 54.8. The molecule has 0 spiro atoms. The lowest BCUT2D eigenvalue weighted by Crippen LogP contribution is -2.59. The Hall–Kier alpha value is -1.27. The zero-order valence-electron chi connectivity index (χ0n) is 36.1. The van der Waals surface area contributed by atoms with E-state index in [0.29, 0.717) is 19.4 Å². The molecule has 0 aliphatic rings. The number of rotatable bonds is 38. The Labute approximate surface area is 333 Å². The molecule has 0 radical (unpaired) electrons. The van der Waals surface area contributed by atoms with Crippen LogP contribution in [0.2, 0.25) is 0 Å². The molecule has 0 aliphatic heterocycles. The average molecular weight is 795 g/mol. The molecule has 0 aromatic rings. The van der Waals surface area contributed by atoms with E-state index in [9.17, 15) is 9.59 Å². The molecule has 0 aromatic heterocycles. The van der Waals surface area contributed by atoms with Crippen LogP contribution in [0.4, 0.5) is 0 Å². The topological polar surface area (TPSA) is 136 Å². The van der Waals surface area contributed by atoms with Gasteiger partial charge in [0.2, 0.25) is 0 Å². The summed E-state index contributed by atoms with van der Waals surface area (Å²) < 4.78 is 43.1. The fourth-order valence-electron chi connectivity index (χ4n) is 6.77. The summed E-state index contributed by atoms with van der Waals surface area (Å²) in [6.45, 7) is 10.6. The summed E-state index contributed by atoms with van der Waals surface area (Å²) in [7, 11) is -2.83. The minimum absolute atomic E-state index is 0.0916. The summed E-state index contributed by atoms with van der Waals surface area (Å²) in [5.74, 6) is -0.412. The Kier molecular flexibility index (Phi) is 39.2. The van der Waals surface area contributed by atoms with Gasteiger partial charge in [0.1, 0.15) is 13.7 Å². The number of carbonyl (C=O) groups is 2. The predicted molar refractivity (Wildman–Crippen MR) is 222 cm³/mol. The van der Waals surface area contributed by atoms with Gasteiger partial charge in [-0.1, -0.05) is 194 Å². The maximum absolute atomic E-state index is 12.7. The van der Waals surface area contributed by atoms with E-state index < -0.39 is 22.9 Å². The summed E-state index contributed by atoms with van der Waals surface area (Å²) in [5.41, 5.74) is 0. The lowest BCUT2D eigenvalue weighted by Gasteiger charge is -2.39. The van der Waals surface area contributed by atoms with Gasteiger partial charge in [0.15, 0.2) is 0 Å².